The summed E-state index contributed by atoms with van der Waals surface area (Å²) < 4.78 is 0. The smallest absolute Gasteiger partial charge is 0.161 e. The molecular formula is C59H42N2. The van der Waals surface area contributed by atoms with Crippen molar-refractivity contribution >= 4 is 21.5 Å². The SMILES string of the molecule is CC1(C)c2ccc(-c3ccc(-c4nc(-c5ccccc5)cc(-c5cccc6c5C(C)(c5ccccc5)c5ccccc5-6)n4)c4ccccc34)cc2-c2c1ccc1ccccc21. The van der Waals surface area contributed by atoms with Crippen LogP contribution in [-0.2, 0) is 10.8 Å². The van der Waals surface area contributed by atoms with Crippen LogP contribution in [0.2, 0.25) is 0 Å². The highest BCUT2D eigenvalue weighted by atomic mass is 14.9. The molecule has 9 aromatic carbocycles. The lowest BCUT2D eigenvalue weighted by Crippen LogP contribution is -2.23. The van der Waals surface area contributed by atoms with Gasteiger partial charge in [0.2, 0.25) is 0 Å². The van der Waals surface area contributed by atoms with Gasteiger partial charge in [-0.05, 0) is 108 Å². The van der Waals surface area contributed by atoms with Crippen molar-refractivity contribution in [2.75, 3.05) is 0 Å². The summed E-state index contributed by atoms with van der Waals surface area (Å²) in [5, 5.41) is 4.89. The highest BCUT2D eigenvalue weighted by Crippen LogP contribution is 2.56. The van der Waals surface area contributed by atoms with Crippen LogP contribution in [0.3, 0.4) is 0 Å². The summed E-state index contributed by atoms with van der Waals surface area (Å²) in [6.07, 6.45) is 0. The molecule has 10 aromatic rings. The number of fused-ring (bicyclic) bond motifs is 9. The van der Waals surface area contributed by atoms with Gasteiger partial charge in [0.15, 0.2) is 5.82 Å². The highest BCUT2D eigenvalue weighted by molar-refractivity contribution is 6.07. The van der Waals surface area contributed by atoms with Crippen molar-refractivity contribution < 1.29 is 0 Å². The predicted molar refractivity (Wildman–Crippen MR) is 254 cm³/mol. The fourth-order valence-electron chi connectivity index (χ4n) is 10.8. The molecule has 1 unspecified atom stereocenters. The van der Waals surface area contributed by atoms with E-state index in [9.17, 15) is 0 Å². The van der Waals surface area contributed by atoms with Gasteiger partial charge in [-0.3, -0.25) is 0 Å². The second-order valence-electron chi connectivity index (χ2n) is 17.4. The van der Waals surface area contributed by atoms with Crippen molar-refractivity contribution in [1.82, 2.24) is 9.97 Å². The minimum Gasteiger partial charge on any atom is -0.228 e. The number of hydrogen-bond donors (Lipinski definition) is 0. The predicted octanol–water partition coefficient (Wildman–Crippen LogP) is 15.1. The third-order valence-electron chi connectivity index (χ3n) is 13.8. The number of hydrogen-bond acceptors (Lipinski definition) is 2. The van der Waals surface area contributed by atoms with Gasteiger partial charge in [0.25, 0.3) is 0 Å². The van der Waals surface area contributed by atoms with Crippen LogP contribution in [0.25, 0.3) is 88.8 Å². The second kappa shape index (κ2) is 13.3. The van der Waals surface area contributed by atoms with Crippen molar-refractivity contribution in [3.8, 4) is 67.3 Å². The maximum atomic E-state index is 5.56. The molecule has 1 aromatic heterocycles. The Bertz CT molecular complexity index is 3400. The van der Waals surface area contributed by atoms with Crippen molar-refractivity contribution in [1.29, 1.82) is 0 Å². The summed E-state index contributed by atoms with van der Waals surface area (Å²) in [5.74, 6) is 0.713. The molecule has 0 radical (unpaired) electrons. The van der Waals surface area contributed by atoms with Crippen LogP contribution in [0.4, 0.5) is 0 Å². The zero-order valence-electron chi connectivity index (χ0n) is 34.4. The maximum Gasteiger partial charge on any atom is 0.161 e. The third-order valence-corrected chi connectivity index (χ3v) is 13.8. The van der Waals surface area contributed by atoms with Crippen molar-refractivity contribution in [2.45, 2.75) is 31.6 Å². The average Bonchev–Trinajstić information content (AvgIpc) is 3.73. The highest BCUT2D eigenvalue weighted by Gasteiger charge is 2.43. The lowest BCUT2D eigenvalue weighted by molar-refractivity contribution is 0.661. The molecule has 288 valence electrons. The molecule has 0 aliphatic heterocycles. The summed E-state index contributed by atoms with van der Waals surface area (Å²) in [6, 6.07) is 73.1. The first kappa shape index (κ1) is 35.5. The van der Waals surface area contributed by atoms with E-state index in [1.54, 1.807) is 0 Å². The molecule has 2 aliphatic carbocycles. The minimum absolute atomic E-state index is 0.0852. The van der Waals surface area contributed by atoms with Crippen LogP contribution >= 0.6 is 0 Å². The Balaban J connectivity index is 1.06. The quantitative estimate of drug-likeness (QED) is 0.174. The maximum absolute atomic E-state index is 5.56. The van der Waals surface area contributed by atoms with E-state index in [-0.39, 0.29) is 10.8 Å². The van der Waals surface area contributed by atoms with Gasteiger partial charge in [0.1, 0.15) is 0 Å². The first-order chi connectivity index (χ1) is 29.9. The van der Waals surface area contributed by atoms with Gasteiger partial charge >= 0.3 is 0 Å². The first-order valence-corrected chi connectivity index (χ1v) is 21.3. The van der Waals surface area contributed by atoms with Gasteiger partial charge < -0.3 is 0 Å². The minimum atomic E-state index is -0.381. The molecule has 0 bridgehead atoms. The Morgan fingerprint density at radius 3 is 1.80 bits per heavy atom. The average molecular weight is 779 g/mol. The van der Waals surface area contributed by atoms with Gasteiger partial charge in [-0.2, -0.15) is 0 Å². The van der Waals surface area contributed by atoms with Crippen molar-refractivity contribution in [3.05, 3.63) is 228 Å². The van der Waals surface area contributed by atoms with E-state index in [2.05, 4.69) is 221 Å². The van der Waals surface area contributed by atoms with Crippen LogP contribution in [0.5, 0.6) is 0 Å². The van der Waals surface area contributed by atoms with E-state index in [0.717, 1.165) is 33.5 Å². The fraction of sp³-hybridized carbons (Fsp3) is 0.0847. The lowest BCUT2D eigenvalue weighted by Gasteiger charge is -2.30. The Kier molecular flexibility index (Phi) is 7.74. The second-order valence-corrected chi connectivity index (χ2v) is 17.4. The molecule has 12 rings (SSSR count). The number of benzene rings is 9. The number of rotatable bonds is 5. The number of nitrogens with zero attached hydrogens (tertiary/aromatic N) is 2. The van der Waals surface area contributed by atoms with Crippen molar-refractivity contribution in [3.63, 3.8) is 0 Å². The molecule has 2 aliphatic rings. The van der Waals surface area contributed by atoms with Gasteiger partial charge in [-0.1, -0.05) is 196 Å². The van der Waals surface area contributed by atoms with E-state index >= 15 is 0 Å². The monoisotopic (exact) mass is 778 g/mol. The normalized spacial score (nSPS) is 15.7. The molecule has 2 heteroatoms. The van der Waals surface area contributed by atoms with E-state index in [1.165, 1.54) is 77.4 Å². The molecule has 1 heterocycles. The molecular weight excluding hydrogens is 737 g/mol. The largest absolute Gasteiger partial charge is 0.228 e. The van der Waals surface area contributed by atoms with E-state index in [4.69, 9.17) is 9.97 Å². The molecule has 0 spiro atoms. The van der Waals surface area contributed by atoms with Gasteiger partial charge in [0, 0.05) is 27.5 Å². The van der Waals surface area contributed by atoms with Crippen LogP contribution in [0.1, 0.15) is 48.6 Å². The fourth-order valence-corrected chi connectivity index (χ4v) is 10.8. The zero-order valence-corrected chi connectivity index (χ0v) is 34.4. The molecule has 61 heavy (non-hydrogen) atoms. The molecule has 2 nitrogen and oxygen atoms in total. The standard InChI is InChI=1S/C59H42N2/c1-58(2)50-33-30-39(35-49(50)55-42-22-11-10-17-37(42)29-34-52(55)58)41-31-32-47(44-24-13-12-23-43(41)44)57-60-53(38-18-6-4-7-19-38)36-54(61-57)48-27-16-26-46-45-25-14-15-28-51(45)59(3,56(46)48)40-20-8-5-9-21-40/h4-36H,1-3H3. The lowest BCUT2D eigenvalue weighted by atomic mass is 9.72. The Hall–Kier alpha value is -7.42. The topological polar surface area (TPSA) is 25.8 Å². The first-order valence-electron chi connectivity index (χ1n) is 21.3. The van der Waals surface area contributed by atoms with Gasteiger partial charge in [-0.25, -0.2) is 9.97 Å². The molecule has 0 saturated heterocycles. The summed E-state index contributed by atoms with van der Waals surface area (Å²) in [5.41, 5.74) is 18.8. The summed E-state index contributed by atoms with van der Waals surface area (Å²) in [6.45, 7) is 7.10. The Labute approximate surface area is 356 Å². The van der Waals surface area contributed by atoms with E-state index in [1.807, 2.05) is 0 Å². The van der Waals surface area contributed by atoms with Crippen LogP contribution in [0, 0.1) is 0 Å². The summed E-state index contributed by atoms with van der Waals surface area (Å²) >= 11 is 0. The van der Waals surface area contributed by atoms with Crippen molar-refractivity contribution in [2.24, 2.45) is 0 Å². The Morgan fingerprint density at radius 1 is 0.361 bits per heavy atom. The van der Waals surface area contributed by atoms with Crippen LogP contribution in [0.15, 0.2) is 200 Å². The third kappa shape index (κ3) is 5.22. The van der Waals surface area contributed by atoms with Crippen LogP contribution < -0.4 is 0 Å². The molecule has 0 saturated carbocycles. The molecule has 0 fully saturated rings. The van der Waals surface area contributed by atoms with E-state index in [0.29, 0.717) is 5.82 Å². The number of aromatic nitrogens is 2. The summed E-state index contributed by atoms with van der Waals surface area (Å²) in [4.78, 5) is 10.9. The zero-order chi connectivity index (χ0) is 40.9. The molecule has 1 atom stereocenters. The van der Waals surface area contributed by atoms with E-state index < -0.39 is 0 Å². The summed E-state index contributed by atoms with van der Waals surface area (Å²) in [7, 11) is 0. The molecule has 0 N–H and O–H groups in total. The van der Waals surface area contributed by atoms with Crippen LogP contribution in [-0.4, -0.2) is 9.97 Å². The Morgan fingerprint density at radius 2 is 0.984 bits per heavy atom. The molecule has 0 amide bonds. The van der Waals surface area contributed by atoms with Gasteiger partial charge in [-0.15, -0.1) is 0 Å². The van der Waals surface area contributed by atoms with Gasteiger partial charge in [0.05, 0.1) is 11.4 Å².